The summed E-state index contributed by atoms with van der Waals surface area (Å²) in [6, 6.07) is 4.02. The monoisotopic (exact) mass is 313 g/mol. The molecule has 1 N–H and O–H groups in total. The molecular formula is C6H4FHgO. The van der Waals surface area contributed by atoms with Crippen molar-refractivity contribution in [2.45, 2.75) is 0 Å². The molecule has 1 rings (SSSR count). The van der Waals surface area contributed by atoms with E-state index < -0.39 is 0 Å². The van der Waals surface area contributed by atoms with E-state index in [9.17, 15) is 4.39 Å². The van der Waals surface area contributed by atoms with Crippen molar-refractivity contribution in [1.29, 1.82) is 0 Å². The van der Waals surface area contributed by atoms with Crippen molar-refractivity contribution >= 4 is 3.07 Å². The summed E-state index contributed by atoms with van der Waals surface area (Å²) in [5.41, 5.74) is 0. The molecule has 0 aromatic heterocycles. The molecule has 0 saturated carbocycles. The third-order valence-corrected chi connectivity index (χ3v) is 3.24. The molecule has 43 valence electrons. The van der Waals surface area contributed by atoms with E-state index in [4.69, 9.17) is 5.11 Å². The molecule has 0 aliphatic heterocycles. The molecule has 0 fully saturated rings. The maximum atomic E-state index is 12.3. The number of phenolic OH excluding ortho intramolecular Hbond substituents is 1. The van der Waals surface area contributed by atoms with Gasteiger partial charge in [-0.2, -0.15) is 0 Å². The van der Waals surface area contributed by atoms with Gasteiger partial charge in [-0.25, -0.2) is 0 Å². The van der Waals surface area contributed by atoms with E-state index >= 15 is 0 Å². The van der Waals surface area contributed by atoms with Gasteiger partial charge in [-0.3, -0.25) is 0 Å². The predicted molar refractivity (Wildman–Crippen MR) is 27.7 cm³/mol. The van der Waals surface area contributed by atoms with Gasteiger partial charge in [0, 0.05) is 0 Å². The van der Waals surface area contributed by atoms with Crippen molar-refractivity contribution in [3.05, 3.63) is 24.0 Å². The summed E-state index contributed by atoms with van der Waals surface area (Å²) < 4.78 is 13.0. The van der Waals surface area contributed by atoms with E-state index in [-0.39, 0.29) is 11.6 Å². The Morgan fingerprint density at radius 3 is 2.56 bits per heavy atom. The number of phenols is 1. The van der Waals surface area contributed by atoms with Crippen LogP contribution >= 0.6 is 0 Å². The van der Waals surface area contributed by atoms with E-state index in [0.717, 1.165) is 3.07 Å². The summed E-state index contributed by atoms with van der Waals surface area (Å²) in [6.45, 7) is 0. The number of rotatable bonds is 0. The Morgan fingerprint density at radius 2 is 2.11 bits per heavy atom. The summed E-state index contributed by atoms with van der Waals surface area (Å²) in [4.78, 5) is 0. The molecule has 0 atom stereocenters. The molecule has 0 spiro atoms. The van der Waals surface area contributed by atoms with Crippen molar-refractivity contribution < 1.29 is 35.6 Å². The first-order valence-electron chi connectivity index (χ1n) is 2.50. The van der Waals surface area contributed by atoms with E-state index in [1.165, 1.54) is 18.2 Å². The van der Waals surface area contributed by atoms with Gasteiger partial charge in [-0.05, 0) is 0 Å². The van der Waals surface area contributed by atoms with Crippen LogP contribution in [0.5, 0.6) is 5.75 Å². The Balaban J connectivity index is 3.17. The van der Waals surface area contributed by atoms with Crippen molar-refractivity contribution in [2.75, 3.05) is 0 Å². The van der Waals surface area contributed by atoms with E-state index in [1.807, 2.05) is 0 Å². The van der Waals surface area contributed by atoms with Gasteiger partial charge < -0.3 is 0 Å². The fourth-order valence-electron chi connectivity index (χ4n) is 0.554. The minimum absolute atomic E-state index is 0.222. The Labute approximate surface area is 68.5 Å². The molecule has 0 aliphatic carbocycles. The van der Waals surface area contributed by atoms with Gasteiger partial charge in [0.25, 0.3) is 0 Å². The molecule has 0 amide bonds. The summed E-state index contributed by atoms with van der Waals surface area (Å²) in [6.07, 6.45) is 0. The summed E-state index contributed by atoms with van der Waals surface area (Å²) >= 11 is 0.298. The molecule has 0 bridgehead atoms. The van der Waals surface area contributed by atoms with Crippen LogP contribution in [0.2, 0.25) is 0 Å². The number of hydrogen-bond acceptors (Lipinski definition) is 1. The third-order valence-electron chi connectivity index (χ3n) is 1.04. The van der Waals surface area contributed by atoms with Crippen LogP contribution in [0.1, 0.15) is 0 Å². The fourth-order valence-corrected chi connectivity index (χ4v) is 1.77. The summed E-state index contributed by atoms with van der Waals surface area (Å²) in [5.74, 6) is -0.0440. The van der Waals surface area contributed by atoms with Crippen LogP contribution in [0.25, 0.3) is 0 Å². The molecule has 3 heteroatoms. The van der Waals surface area contributed by atoms with Gasteiger partial charge in [0.1, 0.15) is 0 Å². The SMILES string of the molecule is Oc1ccc(F)c[c]1[Hg]. The van der Waals surface area contributed by atoms with Gasteiger partial charge in [-0.1, -0.05) is 0 Å². The Bertz CT molecular complexity index is 224. The molecule has 9 heavy (non-hydrogen) atoms. The molecule has 1 aromatic carbocycles. The molecular weight excluding hydrogens is 308 g/mol. The zero-order chi connectivity index (χ0) is 6.85. The Morgan fingerprint density at radius 1 is 1.44 bits per heavy atom. The normalized spacial score (nSPS) is 9.67. The van der Waals surface area contributed by atoms with Crippen molar-refractivity contribution in [3.63, 3.8) is 0 Å². The van der Waals surface area contributed by atoms with Gasteiger partial charge in [0.15, 0.2) is 0 Å². The van der Waals surface area contributed by atoms with Crippen molar-refractivity contribution in [1.82, 2.24) is 0 Å². The average Bonchev–Trinajstić information content (AvgIpc) is 1.80. The molecule has 0 saturated heterocycles. The van der Waals surface area contributed by atoms with Crippen LogP contribution in [-0.4, -0.2) is 5.11 Å². The van der Waals surface area contributed by atoms with Gasteiger partial charge in [0.05, 0.1) is 0 Å². The van der Waals surface area contributed by atoms with Gasteiger partial charge in [-0.15, -0.1) is 0 Å². The Kier molecular flexibility index (Phi) is 2.06. The zero-order valence-corrected chi connectivity index (χ0v) is 10.3. The second-order valence-corrected chi connectivity index (χ2v) is 4.73. The molecule has 0 radical (unpaired) electrons. The Hall–Kier alpha value is -0.115. The number of halogens is 1. The maximum absolute atomic E-state index is 12.3. The topological polar surface area (TPSA) is 20.2 Å². The third kappa shape index (κ3) is 1.64. The standard InChI is InChI=1S/C6H4FO.Hg/c7-5-1-3-6(8)4-2-5;/h1-3,8H;. The molecule has 0 aliphatic rings. The van der Waals surface area contributed by atoms with Crippen LogP contribution in [0.15, 0.2) is 18.2 Å². The van der Waals surface area contributed by atoms with E-state index in [1.54, 1.807) is 0 Å². The molecule has 0 heterocycles. The van der Waals surface area contributed by atoms with Gasteiger partial charge >= 0.3 is 68.5 Å². The zero-order valence-electron chi connectivity index (χ0n) is 4.76. The van der Waals surface area contributed by atoms with E-state index in [2.05, 4.69) is 0 Å². The van der Waals surface area contributed by atoms with Crippen LogP contribution in [0.3, 0.4) is 0 Å². The number of benzene rings is 1. The van der Waals surface area contributed by atoms with Crippen LogP contribution in [0, 0.1) is 5.82 Å². The van der Waals surface area contributed by atoms with Crippen LogP contribution < -0.4 is 3.07 Å². The average molecular weight is 312 g/mol. The molecule has 0 unspecified atom stereocenters. The quantitative estimate of drug-likeness (QED) is 0.700. The van der Waals surface area contributed by atoms with Gasteiger partial charge in [0.2, 0.25) is 0 Å². The summed E-state index contributed by atoms with van der Waals surface area (Å²) in [7, 11) is 0. The predicted octanol–water partition coefficient (Wildman–Crippen LogP) is 0.703. The first kappa shape index (κ1) is 7.00. The first-order chi connectivity index (χ1) is 4.20. The number of aromatic hydroxyl groups is 1. The van der Waals surface area contributed by atoms with Crippen LogP contribution in [0.4, 0.5) is 4.39 Å². The summed E-state index contributed by atoms with van der Waals surface area (Å²) in [5, 5.41) is 8.93. The molecule has 1 aromatic rings. The fraction of sp³-hybridized carbons (Fsp3) is 0. The second kappa shape index (κ2) is 2.65. The number of hydrogen-bond donors (Lipinski definition) is 1. The van der Waals surface area contributed by atoms with Crippen LogP contribution in [-0.2, 0) is 26.1 Å². The van der Waals surface area contributed by atoms with Crippen molar-refractivity contribution in [2.24, 2.45) is 0 Å². The molecule has 1 nitrogen and oxygen atoms in total. The van der Waals surface area contributed by atoms with E-state index in [0.29, 0.717) is 26.1 Å². The minimum atomic E-state index is -0.266. The van der Waals surface area contributed by atoms with Crippen molar-refractivity contribution in [3.8, 4) is 5.75 Å². The first-order valence-corrected chi connectivity index (χ1v) is 5.25. The second-order valence-electron chi connectivity index (χ2n) is 1.77.